The average molecular weight is 339 g/mol. The molecule has 2 atom stereocenters. The molecule has 2 N–H and O–H groups in total. The van der Waals surface area contributed by atoms with Gasteiger partial charge in [-0.15, -0.1) is 11.3 Å². The Hall–Kier alpha value is -0.680. The number of rotatable bonds is 5. The summed E-state index contributed by atoms with van der Waals surface area (Å²) in [6, 6.07) is 13.2. The molecule has 2 rings (SSSR count). The molecule has 0 spiro atoms. The van der Waals surface area contributed by atoms with Gasteiger partial charge in [0.25, 0.3) is 0 Å². The third-order valence-electron chi connectivity index (χ3n) is 3.54. The molecule has 19 heavy (non-hydrogen) atoms. The molecule has 1 aromatic carbocycles. The first-order chi connectivity index (χ1) is 9.15. The highest BCUT2D eigenvalue weighted by Crippen LogP contribution is 2.33. The number of halogens is 1. The molecular weight excluding hydrogens is 320 g/mol. The van der Waals surface area contributed by atoms with Gasteiger partial charge in [-0.3, -0.25) is 4.90 Å². The molecule has 102 valence electrons. The van der Waals surface area contributed by atoms with E-state index in [9.17, 15) is 0 Å². The van der Waals surface area contributed by atoms with Crippen molar-refractivity contribution < 1.29 is 0 Å². The topological polar surface area (TPSA) is 29.3 Å². The predicted octanol–water partition coefficient (Wildman–Crippen LogP) is 4.20. The van der Waals surface area contributed by atoms with E-state index in [1.54, 1.807) is 11.3 Å². The second-order valence-electron chi connectivity index (χ2n) is 4.63. The molecule has 0 aliphatic carbocycles. The second kappa shape index (κ2) is 6.66. The minimum absolute atomic E-state index is 0.215. The summed E-state index contributed by atoms with van der Waals surface area (Å²) >= 11 is 5.42. The Morgan fingerprint density at radius 2 is 2.00 bits per heavy atom. The highest BCUT2D eigenvalue weighted by Gasteiger charge is 2.23. The van der Waals surface area contributed by atoms with Gasteiger partial charge in [-0.1, -0.05) is 40.2 Å². The van der Waals surface area contributed by atoms with Crippen molar-refractivity contribution in [3.05, 3.63) is 56.7 Å². The number of nitrogens with zero attached hydrogens (tertiary/aromatic N) is 1. The number of thiophene rings is 1. The van der Waals surface area contributed by atoms with Crippen LogP contribution in [0.3, 0.4) is 0 Å². The van der Waals surface area contributed by atoms with Crippen LogP contribution in [0, 0.1) is 0 Å². The summed E-state index contributed by atoms with van der Waals surface area (Å²) in [6.07, 6.45) is 0. The van der Waals surface area contributed by atoms with Crippen LogP contribution in [0.15, 0.2) is 46.3 Å². The summed E-state index contributed by atoms with van der Waals surface area (Å²) < 4.78 is 1.12. The Kier molecular flexibility index (Phi) is 5.16. The highest BCUT2D eigenvalue weighted by atomic mass is 79.9. The van der Waals surface area contributed by atoms with Crippen molar-refractivity contribution in [2.75, 3.05) is 13.6 Å². The van der Waals surface area contributed by atoms with Gasteiger partial charge in [0.1, 0.15) is 0 Å². The van der Waals surface area contributed by atoms with E-state index in [1.807, 2.05) is 6.07 Å². The number of benzene rings is 1. The standard InChI is InChI=1S/C15H19BrN2S/c1-11(15-8-5-9-19-15)18(2)14(10-17)12-6-3-4-7-13(12)16/h3-9,11,14H,10,17H2,1-2H3. The van der Waals surface area contributed by atoms with Crippen LogP contribution < -0.4 is 5.73 Å². The van der Waals surface area contributed by atoms with Crippen molar-refractivity contribution in [1.82, 2.24) is 4.90 Å². The van der Waals surface area contributed by atoms with Crippen molar-refractivity contribution in [3.63, 3.8) is 0 Å². The van der Waals surface area contributed by atoms with Crippen LogP contribution in [0.4, 0.5) is 0 Å². The van der Waals surface area contributed by atoms with Crippen LogP contribution in [0.25, 0.3) is 0 Å². The minimum atomic E-state index is 0.215. The lowest BCUT2D eigenvalue weighted by Gasteiger charge is -2.32. The zero-order valence-electron chi connectivity index (χ0n) is 11.2. The lowest BCUT2D eigenvalue weighted by Crippen LogP contribution is -2.32. The Balaban J connectivity index is 2.25. The van der Waals surface area contributed by atoms with Gasteiger partial charge in [-0.05, 0) is 37.0 Å². The molecule has 0 amide bonds. The molecule has 0 bridgehead atoms. The summed E-state index contributed by atoms with van der Waals surface area (Å²) in [5.41, 5.74) is 7.25. The molecular formula is C15H19BrN2S. The fourth-order valence-corrected chi connectivity index (χ4v) is 3.64. The Bertz CT molecular complexity index is 513. The average Bonchev–Trinajstić information content (AvgIpc) is 2.94. The van der Waals surface area contributed by atoms with Crippen molar-refractivity contribution in [2.24, 2.45) is 5.73 Å². The SMILES string of the molecule is CC(c1cccs1)N(C)C(CN)c1ccccc1Br. The van der Waals surface area contributed by atoms with Crippen molar-refractivity contribution in [3.8, 4) is 0 Å². The molecule has 2 unspecified atom stereocenters. The smallest absolute Gasteiger partial charge is 0.0484 e. The molecule has 0 radical (unpaired) electrons. The molecule has 1 heterocycles. The zero-order chi connectivity index (χ0) is 13.8. The van der Waals surface area contributed by atoms with Crippen LogP contribution in [-0.4, -0.2) is 18.5 Å². The van der Waals surface area contributed by atoms with E-state index < -0.39 is 0 Å². The van der Waals surface area contributed by atoms with Gasteiger partial charge in [0.05, 0.1) is 0 Å². The Labute approximate surface area is 127 Å². The third-order valence-corrected chi connectivity index (χ3v) is 5.31. The van der Waals surface area contributed by atoms with Crippen LogP contribution in [0.1, 0.15) is 29.4 Å². The predicted molar refractivity (Wildman–Crippen MR) is 86.4 cm³/mol. The largest absolute Gasteiger partial charge is 0.329 e. The van der Waals surface area contributed by atoms with Gasteiger partial charge in [-0.25, -0.2) is 0 Å². The molecule has 2 aromatic rings. The fraction of sp³-hybridized carbons (Fsp3) is 0.333. The second-order valence-corrected chi connectivity index (χ2v) is 6.46. The first-order valence-corrected chi connectivity index (χ1v) is 8.02. The zero-order valence-corrected chi connectivity index (χ0v) is 13.6. The highest BCUT2D eigenvalue weighted by molar-refractivity contribution is 9.10. The van der Waals surface area contributed by atoms with Gasteiger partial charge in [0.2, 0.25) is 0 Å². The lowest BCUT2D eigenvalue weighted by molar-refractivity contribution is 0.192. The van der Waals surface area contributed by atoms with Gasteiger partial charge in [0.15, 0.2) is 0 Å². The minimum Gasteiger partial charge on any atom is -0.329 e. The van der Waals surface area contributed by atoms with E-state index in [1.165, 1.54) is 10.4 Å². The summed E-state index contributed by atoms with van der Waals surface area (Å²) in [7, 11) is 2.14. The maximum atomic E-state index is 6.01. The number of likely N-dealkylation sites (N-methyl/N-ethyl adjacent to an activating group) is 1. The number of hydrogen-bond acceptors (Lipinski definition) is 3. The summed E-state index contributed by atoms with van der Waals surface area (Å²) in [5.74, 6) is 0. The van der Waals surface area contributed by atoms with E-state index in [2.05, 4.69) is 70.5 Å². The summed E-state index contributed by atoms with van der Waals surface area (Å²) in [5, 5.41) is 2.12. The van der Waals surface area contributed by atoms with Crippen LogP contribution in [0.2, 0.25) is 0 Å². The molecule has 0 aliphatic rings. The summed E-state index contributed by atoms with van der Waals surface area (Å²) in [6.45, 7) is 2.83. The van der Waals surface area contributed by atoms with Crippen LogP contribution in [-0.2, 0) is 0 Å². The Morgan fingerprint density at radius 1 is 1.26 bits per heavy atom. The maximum Gasteiger partial charge on any atom is 0.0484 e. The van der Waals surface area contributed by atoms with Gasteiger partial charge in [-0.2, -0.15) is 0 Å². The van der Waals surface area contributed by atoms with Gasteiger partial charge in [0, 0.05) is 28.0 Å². The normalized spacial score (nSPS) is 14.6. The van der Waals surface area contributed by atoms with Crippen LogP contribution in [0.5, 0.6) is 0 Å². The first-order valence-electron chi connectivity index (χ1n) is 6.35. The van der Waals surface area contributed by atoms with E-state index in [0.29, 0.717) is 12.6 Å². The van der Waals surface area contributed by atoms with E-state index in [4.69, 9.17) is 5.73 Å². The molecule has 1 aromatic heterocycles. The lowest BCUT2D eigenvalue weighted by atomic mass is 10.0. The van der Waals surface area contributed by atoms with Crippen LogP contribution >= 0.6 is 27.3 Å². The monoisotopic (exact) mass is 338 g/mol. The number of hydrogen-bond donors (Lipinski definition) is 1. The van der Waals surface area contributed by atoms with Crippen molar-refractivity contribution >= 4 is 27.3 Å². The van der Waals surface area contributed by atoms with Crippen molar-refractivity contribution in [1.29, 1.82) is 0 Å². The fourth-order valence-electron chi connectivity index (χ4n) is 2.26. The van der Waals surface area contributed by atoms with E-state index in [0.717, 1.165) is 4.47 Å². The molecule has 0 aliphatic heterocycles. The maximum absolute atomic E-state index is 6.01. The Morgan fingerprint density at radius 3 is 2.58 bits per heavy atom. The molecule has 0 fully saturated rings. The summed E-state index contributed by atoms with van der Waals surface area (Å²) in [4.78, 5) is 3.71. The van der Waals surface area contributed by atoms with E-state index in [-0.39, 0.29) is 6.04 Å². The molecule has 0 saturated carbocycles. The molecule has 4 heteroatoms. The number of nitrogens with two attached hydrogens (primary N) is 1. The van der Waals surface area contributed by atoms with Gasteiger partial charge >= 0.3 is 0 Å². The molecule has 0 saturated heterocycles. The van der Waals surface area contributed by atoms with Crippen molar-refractivity contribution in [2.45, 2.75) is 19.0 Å². The first kappa shape index (κ1) is 14.7. The third kappa shape index (κ3) is 3.26. The van der Waals surface area contributed by atoms with Gasteiger partial charge < -0.3 is 5.73 Å². The molecule has 2 nitrogen and oxygen atoms in total. The van der Waals surface area contributed by atoms with E-state index >= 15 is 0 Å². The quantitative estimate of drug-likeness (QED) is 0.884.